The van der Waals surface area contributed by atoms with Gasteiger partial charge in [0.15, 0.2) is 0 Å². The van der Waals surface area contributed by atoms with Gasteiger partial charge in [-0.25, -0.2) is 0 Å². The summed E-state index contributed by atoms with van der Waals surface area (Å²) in [5.74, 6) is 0.325. The van der Waals surface area contributed by atoms with Gasteiger partial charge in [0.1, 0.15) is 5.75 Å². The molecule has 0 atom stereocenters. The molecule has 1 rings (SSSR count). The minimum Gasteiger partial charge on any atom is -0.507 e. The van der Waals surface area contributed by atoms with E-state index in [1.807, 2.05) is 67.5 Å². The number of aliphatic imine (C=N–C) groups is 1. The van der Waals surface area contributed by atoms with Crippen LogP contribution in [0.15, 0.2) is 17.1 Å². The smallest absolute Gasteiger partial charge is 0.127 e. The zero-order chi connectivity index (χ0) is 15.1. The third-order valence-electron chi connectivity index (χ3n) is 1.74. The summed E-state index contributed by atoms with van der Waals surface area (Å²) in [6.45, 7) is 15.9. The van der Waals surface area contributed by atoms with E-state index in [4.69, 9.17) is 0 Å². The van der Waals surface area contributed by atoms with Gasteiger partial charge in [0, 0.05) is 18.8 Å². The van der Waals surface area contributed by atoms with Gasteiger partial charge in [-0.05, 0) is 31.0 Å². The van der Waals surface area contributed by atoms with Crippen LogP contribution < -0.4 is 0 Å². The topological polar surface area (TPSA) is 32.6 Å². The Bertz CT molecular complexity index is 317. The van der Waals surface area contributed by atoms with E-state index < -0.39 is 0 Å². The molecule has 106 valence electrons. The molecule has 2 heteroatoms. The highest BCUT2D eigenvalue weighted by Gasteiger charge is 2.01. The second-order valence-corrected chi connectivity index (χ2v) is 2.91. The van der Waals surface area contributed by atoms with E-state index in [9.17, 15) is 5.11 Å². The second-order valence-electron chi connectivity index (χ2n) is 2.91. The van der Waals surface area contributed by atoms with Crippen molar-refractivity contribution in [3.05, 3.63) is 28.8 Å². The minimum atomic E-state index is 0.325. The van der Waals surface area contributed by atoms with Crippen molar-refractivity contribution < 1.29 is 5.11 Å². The Balaban J connectivity index is -0.000000328. The Labute approximate surface area is 114 Å². The number of hydrogen-bond donors (Lipinski definition) is 1. The van der Waals surface area contributed by atoms with E-state index in [1.54, 1.807) is 13.3 Å². The largest absolute Gasteiger partial charge is 0.507 e. The Morgan fingerprint density at radius 1 is 0.944 bits per heavy atom. The molecule has 0 aliphatic heterocycles. The maximum atomic E-state index is 9.56. The molecule has 0 saturated carbocycles. The molecule has 0 heterocycles. The molecule has 0 aliphatic carbocycles. The van der Waals surface area contributed by atoms with Crippen molar-refractivity contribution in [2.45, 2.75) is 55.4 Å². The predicted molar refractivity (Wildman–Crippen MR) is 85.1 cm³/mol. The molecule has 2 nitrogen and oxygen atoms in total. The molecule has 0 aromatic heterocycles. The second kappa shape index (κ2) is 15.7. The molecule has 0 spiro atoms. The Kier molecular flexibility index (Phi) is 19.1. The van der Waals surface area contributed by atoms with Crippen molar-refractivity contribution in [1.29, 1.82) is 0 Å². The quantitative estimate of drug-likeness (QED) is 0.691. The lowest BCUT2D eigenvalue weighted by Gasteiger charge is -2.03. The van der Waals surface area contributed by atoms with Gasteiger partial charge in [-0.3, -0.25) is 4.99 Å². The summed E-state index contributed by atoms with van der Waals surface area (Å²) in [4.78, 5) is 3.86. The molecule has 0 saturated heterocycles. The van der Waals surface area contributed by atoms with Crippen molar-refractivity contribution in [2.24, 2.45) is 4.99 Å². The summed E-state index contributed by atoms with van der Waals surface area (Å²) in [5.41, 5.74) is 2.82. The van der Waals surface area contributed by atoms with Gasteiger partial charge in [0.25, 0.3) is 0 Å². The molecule has 1 aromatic carbocycles. The molecule has 0 bridgehead atoms. The van der Waals surface area contributed by atoms with Gasteiger partial charge >= 0.3 is 0 Å². The number of aromatic hydroxyl groups is 1. The van der Waals surface area contributed by atoms with Crippen LogP contribution in [0.1, 0.15) is 58.2 Å². The van der Waals surface area contributed by atoms with E-state index in [1.165, 1.54) is 0 Å². The van der Waals surface area contributed by atoms with Crippen molar-refractivity contribution in [1.82, 2.24) is 0 Å². The van der Waals surface area contributed by atoms with Crippen LogP contribution in [0.5, 0.6) is 5.75 Å². The number of phenolic OH excluding ortho intramolecular Hbond substituents is 1. The predicted octanol–water partition coefficient (Wildman–Crippen LogP) is 5.14. The van der Waals surface area contributed by atoms with E-state index in [-0.39, 0.29) is 0 Å². The van der Waals surface area contributed by atoms with Gasteiger partial charge < -0.3 is 5.11 Å². The number of rotatable bonds is 1. The molecule has 0 amide bonds. The van der Waals surface area contributed by atoms with Crippen molar-refractivity contribution >= 4 is 6.21 Å². The highest BCUT2D eigenvalue weighted by molar-refractivity contribution is 5.84. The zero-order valence-electron chi connectivity index (χ0n) is 13.6. The molecular formula is C16H31NO. The third-order valence-corrected chi connectivity index (χ3v) is 1.74. The number of nitrogens with zero attached hydrogens (tertiary/aromatic N) is 1. The van der Waals surface area contributed by atoms with Gasteiger partial charge in [0.2, 0.25) is 0 Å². The van der Waals surface area contributed by atoms with Gasteiger partial charge in [-0.1, -0.05) is 47.6 Å². The first kappa shape index (κ1) is 21.9. The lowest BCUT2D eigenvalue weighted by molar-refractivity contribution is 0.470. The lowest BCUT2D eigenvalue weighted by atomic mass is 10.1. The van der Waals surface area contributed by atoms with E-state index >= 15 is 0 Å². The van der Waals surface area contributed by atoms with E-state index in [2.05, 4.69) is 4.99 Å². The average molecular weight is 253 g/mol. The fourth-order valence-electron chi connectivity index (χ4n) is 1.23. The fourth-order valence-corrected chi connectivity index (χ4v) is 1.23. The number of hydrogen-bond acceptors (Lipinski definition) is 2. The molecule has 1 aromatic rings. The molecule has 0 fully saturated rings. The maximum Gasteiger partial charge on any atom is 0.127 e. The molecular weight excluding hydrogens is 222 g/mol. The number of benzene rings is 1. The van der Waals surface area contributed by atoms with Crippen LogP contribution >= 0.6 is 0 Å². The van der Waals surface area contributed by atoms with Crippen LogP contribution in [0.25, 0.3) is 0 Å². The molecule has 0 aliphatic rings. The summed E-state index contributed by atoms with van der Waals surface area (Å²) in [5, 5.41) is 9.56. The van der Waals surface area contributed by atoms with Crippen LogP contribution in [-0.2, 0) is 0 Å². The highest BCUT2D eigenvalue weighted by Crippen LogP contribution is 2.21. The summed E-state index contributed by atoms with van der Waals surface area (Å²) in [7, 11) is 1.69. The maximum absolute atomic E-state index is 9.56. The lowest BCUT2D eigenvalue weighted by Crippen LogP contribution is -1.87. The Morgan fingerprint density at radius 2 is 1.39 bits per heavy atom. The minimum absolute atomic E-state index is 0.325. The first-order chi connectivity index (χ1) is 8.65. The van der Waals surface area contributed by atoms with Gasteiger partial charge in [-0.15, -0.1) is 0 Å². The highest BCUT2D eigenvalue weighted by atomic mass is 16.3. The summed E-state index contributed by atoms with van der Waals surface area (Å²) < 4.78 is 0. The van der Waals surface area contributed by atoms with Gasteiger partial charge in [-0.2, -0.15) is 0 Å². The summed E-state index contributed by atoms with van der Waals surface area (Å²) in [6, 6.07) is 3.86. The molecule has 1 N–H and O–H groups in total. The first-order valence-electron chi connectivity index (χ1n) is 6.87. The standard InChI is InChI=1S/C10H13NO.3C2H6/c1-7-4-8(2)10(12)9(5-7)6-11-3;3*1-2/h4-6,12H,1-3H3;3*1-2H3. The van der Waals surface area contributed by atoms with Gasteiger partial charge in [0.05, 0.1) is 0 Å². The van der Waals surface area contributed by atoms with E-state index in [0.29, 0.717) is 5.75 Å². The summed E-state index contributed by atoms with van der Waals surface area (Å²) >= 11 is 0. The van der Waals surface area contributed by atoms with Crippen molar-refractivity contribution in [3.63, 3.8) is 0 Å². The van der Waals surface area contributed by atoms with Crippen LogP contribution in [0, 0.1) is 13.8 Å². The van der Waals surface area contributed by atoms with Crippen LogP contribution in [-0.4, -0.2) is 18.4 Å². The van der Waals surface area contributed by atoms with Crippen LogP contribution in [0.2, 0.25) is 0 Å². The van der Waals surface area contributed by atoms with Crippen molar-refractivity contribution in [2.75, 3.05) is 7.05 Å². The Morgan fingerprint density at radius 3 is 1.78 bits per heavy atom. The fraction of sp³-hybridized carbons (Fsp3) is 0.562. The van der Waals surface area contributed by atoms with Crippen LogP contribution in [0.4, 0.5) is 0 Å². The Hall–Kier alpha value is -1.31. The molecule has 0 radical (unpaired) electrons. The molecule has 0 unspecified atom stereocenters. The normalized spacial score (nSPS) is 8.28. The van der Waals surface area contributed by atoms with Crippen molar-refractivity contribution in [3.8, 4) is 5.75 Å². The summed E-state index contributed by atoms with van der Waals surface area (Å²) in [6.07, 6.45) is 1.66. The number of aryl methyl sites for hydroxylation is 2. The SMILES string of the molecule is CC.CC.CC.CN=Cc1cc(C)cc(C)c1O. The third kappa shape index (κ3) is 8.80. The monoisotopic (exact) mass is 253 g/mol. The first-order valence-corrected chi connectivity index (χ1v) is 6.87. The zero-order valence-corrected chi connectivity index (χ0v) is 13.6. The molecule has 18 heavy (non-hydrogen) atoms. The number of phenols is 1. The van der Waals surface area contributed by atoms with Crippen LogP contribution in [0.3, 0.4) is 0 Å². The average Bonchev–Trinajstić information content (AvgIpc) is 2.43. The van der Waals surface area contributed by atoms with E-state index in [0.717, 1.165) is 16.7 Å².